The van der Waals surface area contributed by atoms with E-state index in [0.717, 1.165) is 12.1 Å². The summed E-state index contributed by atoms with van der Waals surface area (Å²) in [6.07, 6.45) is -2.89. The number of nitrogens with zero attached hydrogens (tertiary/aromatic N) is 4. The molecule has 0 aliphatic carbocycles. The Balaban J connectivity index is 1.64. The number of likely N-dealkylation sites (N-methyl/N-ethyl adjacent to an activating group) is 1. The highest BCUT2D eigenvalue weighted by Gasteiger charge is 2.30. The van der Waals surface area contributed by atoms with E-state index in [1.165, 1.54) is 30.1 Å². The third-order valence-electron chi connectivity index (χ3n) is 3.56. The summed E-state index contributed by atoms with van der Waals surface area (Å²) >= 11 is 0. The lowest BCUT2D eigenvalue weighted by Gasteiger charge is -2.08. The molecule has 2 N–H and O–H groups in total. The van der Waals surface area contributed by atoms with E-state index in [4.69, 9.17) is 4.52 Å². The van der Waals surface area contributed by atoms with Crippen LogP contribution < -0.4 is 10.6 Å². The summed E-state index contributed by atoms with van der Waals surface area (Å²) in [5.74, 6) is 0.678. The molecule has 0 unspecified atom stereocenters. The fraction of sp³-hybridized carbons (Fsp3) is 0.250. The molecule has 1 amide bonds. The van der Waals surface area contributed by atoms with Gasteiger partial charge in [-0.25, -0.2) is 4.68 Å². The third-order valence-corrected chi connectivity index (χ3v) is 3.56. The van der Waals surface area contributed by atoms with E-state index in [1.807, 2.05) is 0 Å². The second-order valence-corrected chi connectivity index (χ2v) is 5.50. The molecule has 2 heterocycles. The maximum absolute atomic E-state index is 12.8. The highest BCUT2D eigenvalue weighted by atomic mass is 19.4. The molecule has 27 heavy (non-hydrogen) atoms. The summed E-state index contributed by atoms with van der Waals surface area (Å²) in [4.78, 5) is 15.3. The molecule has 0 fully saturated rings. The number of benzene rings is 1. The molecule has 0 saturated carbocycles. The molecule has 3 rings (SSSR count). The topological polar surface area (TPSA) is 97.9 Å². The summed E-state index contributed by atoms with van der Waals surface area (Å²) in [7, 11) is 1.51. The van der Waals surface area contributed by atoms with E-state index < -0.39 is 11.7 Å². The number of hydrogen-bond donors (Lipinski definition) is 2. The minimum absolute atomic E-state index is 0.00414. The SMILES string of the molecule is CNC(=O)Cc1noc(CNc2ccn(-c3cccc(C(F)(F)F)c3)n2)n1. The molecule has 0 saturated heterocycles. The summed E-state index contributed by atoms with van der Waals surface area (Å²) in [6.45, 7) is 0.153. The number of amides is 1. The lowest BCUT2D eigenvalue weighted by Crippen LogP contribution is -2.20. The molecule has 8 nitrogen and oxygen atoms in total. The van der Waals surface area contributed by atoms with Gasteiger partial charge in [0.2, 0.25) is 11.8 Å². The molecule has 2 aromatic heterocycles. The molecule has 3 aromatic rings. The maximum atomic E-state index is 12.8. The third kappa shape index (κ3) is 4.63. The molecule has 0 aliphatic heterocycles. The molecule has 142 valence electrons. The van der Waals surface area contributed by atoms with Gasteiger partial charge in [0.25, 0.3) is 0 Å². The second kappa shape index (κ2) is 7.48. The zero-order chi connectivity index (χ0) is 19.4. The molecule has 1 aromatic carbocycles. The Labute approximate surface area is 151 Å². The predicted molar refractivity (Wildman–Crippen MR) is 88.0 cm³/mol. The van der Waals surface area contributed by atoms with Crippen LogP contribution in [0.25, 0.3) is 5.69 Å². The highest BCUT2D eigenvalue weighted by Crippen LogP contribution is 2.30. The fourth-order valence-electron chi connectivity index (χ4n) is 2.22. The molecule has 0 radical (unpaired) electrons. The maximum Gasteiger partial charge on any atom is 0.416 e. The lowest BCUT2D eigenvalue weighted by molar-refractivity contribution is -0.137. The van der Waals surface area contributed by atoms with Crippen LogP contribution in [0.15, 0.2) is 41.1 Å². The Morgan fingerprint density at radius 3 is 2.85 bits per heavy atom. The molecular weight excluding hydrogens is 365 g/mol. The average molecular weight is 380 g/mol. The first-order chi connectivity index (χ1) is 12.8. The van der Waals surface area contributed by atoms with E-state index in [-0.39, 0.29) is 36.3 Å². The molecule has 0 atom stereocenters. The van der Waals surface area contributed by atoms with Crippen LogP contribution in [-0.4, -0.2) is 32.9 Å². The first kappa shape index (κ1) is 18.4. The monoisotopic (exact) mass is 380 g/mol. The van der Waals surface area contributed by atoms with Gasteiger partial charge < -0.3 is 15.2 Å². The number of alkyl halides is 3. The van der Waals surface area contributed by atoms with Crippen LogP contribution in [0.5, 0.6) is 0 Å². The van der Waals surface area contributed by atoms with Gasteiger partial charge in [-0.05, 0) is 18.2 Å². The number of aromatic nitrogens is 4. The van der Waals surface area contributed by atoms with Gasteiger partial charge >= 0.3 is 6.18 Å². The van der Waals surface area contributed by atoms with Gasteiger partial charge in [0.15, 0.2) is 5.82 Å². The molecule has 0 aliphatic rings. The van der Waals surface area contributed by atoms with Crippen molar-refractivity contribution in [1.82, 2.24) is 25.2 Å². The Bertz CT molecular complexity index is 934. The Morgan fingerprint density at radius 1 is 1.30 bits per heavy atom. The van der Waals surface area contributed by atoms with Crippen molar-refractivity contribution in [3.05, 3.63) is 53.8 Å². The van der Waals surface area contributed by atoms with Crippen molar-refractivity contribution >= 4 is 11.7 Å². The fourth-order valence-corrected chi connectivity index (χ4v) is 2.22. The molecule has 0 spiro atoms. The van der Waals surface area contributed by atoms with Crippen LogP contribution in [0.2, 0.25) is 0 Å². The van der Waals surface area contributed by atoms with E-state index in [9.17, 15) is 18.0 Å². The van der Waals surface area contributed by atoms with Crippen LogP contribution in [0.4, 0.5) is 19.0 Å². The van der Waals surface area contributed by atoms with Gasteiger partial charge in [0, 0.05) is 19.3 Å². The zero-order valence-corrected chi connectivity index (χ0v) is 14.1. The summed E-state index contributed by atoms with van der Waals surface area (Å²) in [5.41, 5.74) is -0.469. The number of carbonyl (C=O) groups is 1. The number of nitrogens with one attached hydrogen (secondary N) is 2. The first-order valence-electron chi connectivity index (χ1n) is 7.84. The van der Waals surface area contributed by atoms with Crippen molar-refractivity contribution in [2.75, 3.05) is 12.4 Å². The smallest absolute Gasteiger partial charge is 0.360 e. The van der Waals surface area contributed by atoms with Crippen LogP contribution in [0.3, 0.4) is 0 Å². The Kier molecular flexibility index (Phi) is 5.10. The van der Waals surface area contributed by atoms with Crippen LogP contribution in [-0.2, 0) is 23.9 Å². The number of rotatable bonds is 6. The normalized spacial score (nSPS) is 11.4. The standard InChI is InChI=1S/C16H15F3N6O2/c1-20-14(26)8-13-22-15(27-24-13)9-21-12-5-6-25(23-12)11-4-2-3-10(7-11)16(17,18)19/h2-7H,8-9H2,1H3,(H,20,26)(H,21,23). The van der Waals surface area contributed by atoms with Gasteiger partial charge in [-0.3, -0.25) is 4.79 Å². The van der Waals surface area contributed by atoms with Crippen LogP contribution >= 0.6 is 0 Å². The van der Waals surface area contributed by atoms with Crippen LogP contribution in [0, 0.1) is 0 Å². The van der Waals surface area contributed by atoms with E-state index in [0.29, 0.717) is 5.82 Å². The van der Waals surface area contributed by atoms with Gasteiger partial charge in [0.05, 0.1) is 24.2 Å². The summed E-state index contributed by atoms with van der Waals surface area (Å²) in [6, 6.07) is 6.45. The zero-order valence-electron chi connectivity index (χ0n) is 14.1. The van der Waals surface area contributed by atoms with Crippen molar-refractivity contribution in [3.63, 3.8) is 0 Å². The lowest BCUT2D eigenvalue weighted by atomic mass is 10.2. The second-order valence-electron chi connectivity index (χ2n) is 5.50. The quantitative estimate of drug-likeness (QED) is 0.680. The first-order valence-corrected chi connectivity index (χ1v) is 7.84. The average Bonchev–Trinajstić information content (AvgIpc) is 3.28. The van der Waals surface area contributed by atoms with E-state index in [2.05, 4.69) is 25.9 Å². The van der Waals surface area contributed by atoms with Crippen molar-refractivity contribution in [2.45, 2.75) is 19.1 Å². The van der Waals surface area contributed by atoms with Crippen molar-refractivity contribution < 1.29 is 22.5 Å². The largest absolute Gasteiger partial charge is 0.416 e. The number of carbonyl (C=O) groups excluding carboxylic acids is 1. The van der Waals surface area contributed by atoms with Crippen molar-refractivity contribution in [2.24, 2.45) is 0 Å². The minimum Gasteiger partial charge on any atom is -0.360 e. The number of halogens is 3. The summed E-state index contributed by atoms with van der Waals surface area (Å²) in [5, 5.41) is 13.2. The molecular formula is C16H15F3N6O2. The van der Waals surface area contributed by atoms with E-state index >= 15 is 0 Å². The highest BCUT2D eigenvalue weighted by molar-refractivity contribution is 5.77. The minimum atomic E-state index is -4.42. The van der Waals surface area contributed by atoms with E-state index in [1.54, 1.807) is 6.07 Å². The molecule has 0 bridgehead atoms. The van der Waals surface area contributed by atoms with Gasteiger partial charge in [0.1, 0.15) is 5.82 Å². The molecule has 11 heteroatoms. The van der Waals surface area contributed by atoms with Crippen molar-refractivity contribution in [1.29, 1.82) is 0 Å². The Morgan fingerprint density at radius 2 is 2.11 bits per heavy atom. The van der Waals surface area contributed by atoms with Gasteiger partial charge in [-0.15, -0.1) is 0 Å². The van der Waals surface area contributed by atoms with Crippen LogP contribution in [0.1, 0.15) is 17.3 Å². The van der Waals surface area contributed by atoms with Gasteiger partial charge in [-0.2, -0.15) is 23.3 Å². The Hall–Kier alpha value is -3.37. The number of anilines is 1. The predicted octanol–water partition coefficient (Wildman–Crippen LogP) is 2.17. The van der Waals surface area contributed by atoms with Crippen molar-refractivity contribution in [3.8, 4) is 5.69 Å². The van der Waals surface area contributed by atoms with Gasteiger partial charge in [-0.1, -0.05) is 11.2 Å². The summed E-state index contributed by atoms with van der Waals surface area (Å²) < 4.78 is 44.8. The number of hydrogen-bond acceptors (Lipinski definition) is 6.